The smallest absolute Gasteiger partial charge is 0.284 e. The Labute approximate surface area is 117 Å². The first-order chi connectivity index (χ1) is 9.56. The zero-order chi connectivity index (χ0) is 14.0. The van der Waals surface area contributed by atoms with Crippen molar-refractivity contribution in [1.29, 1.82) is 0 Å². The molecule has 0 unspecified atom stereocenters. The Hall–Kier alpha value is -2.10. The molecule has 20 heavy (non-hydrogen) atoms. The Morgan fingerprint density at radius 2 is 2.10 bits per heavy atom. The molecule has 4 heteroatoms. The van der Waals surface area contributed by atoms with Crippen molar-refractivity contribution in [2.75, 3.05) is 0 Å². The second-order valence-electron chi connectivity index (χ2n) is 6.05. The van der Waals surface area contributed by atoms with Gasteiger partial charge in [-0.1, -0.05) is 17.7 Å². The van der Waals surface area contributed by atoms with Crippen molar-refractivity contribution in [1.82, 2.24) is 9.55 Å². The fourth-order valence-corrected chi connectivity index (χ4v) is 3.72. The lowest BCUT2D eigenvalue weighted by molar-refractivity contribution is 0.0987. The summed E-state index contributed by atoms with van der Waals surface area (Å²) in [4.78, 5) is 16.1. The van der Waals surface area contributed by atoms with E-state index in [1.165, 1.54) is 22.4 Å². The number of rotatable bonds is 1. The molecule has 2 bridgehead atoms. The topological polar surface area (TPSA) is 60.9 Å². The van der Waals surface area contributed by atoms with Crippen molar-refractivity contribution in [2.45, 2.75) is 31.6 Å². The van der Waals surface area contributed by atoms with Crippen LogP contribution < -0.4 is 5.73 Å². The van der Waals surface area contributed by atoms with Gasteiger partial charge in [0.05, 0.1) is 5.69 Å². The van der Waals surface area contributed by atoms with Gasteiger partial charge in [-0.2, -0.15) is 0 Å². The van der Waals surface area contributed by atoms with Crippen molar-refractivity contribution >= 4 is 5.91 Å². The number of aryl methyl sites for hydroxylation is 1. The molecule has 3 aliphatic rings. The Bertz CT molecular complexity index is 738. The number of carbonyl (C=O) groups excluding carboxylic acids is 1. The summed E-state index contributed by atoms with van der Waals surface area (Å²) in [5.41, 5.74) is 11.4. The maximum atomic E-state index is 11.6. The number of amides is 1. The molecule has 0 radical (unpaired) electrons. The first-order valence-corrected chi connectivity index (χ1v) is 7.03. The van der Waals surface area contributed by atoms with Gasteiger partial charge in [-0.15, -0.1) is 0 Å². The van der Waals surface area contributed by atoms with Gasteiger partial charge in [0.15, 0.2) is 5.82 Å². The highest BCUT2D eigenvalue weighted by Gasteiger charge is 2.41. The van der Waals surface area contributed by atoms with Gasteiger partial charge in [-0.3, -0.25) is 4.79 Å². The minimum atomic E-state index is -0.453. The lowest BCUT2D eigenvalue weighted by Gasteiger charge is -2.34. The van der Waals surface area contributed by atoms with Crippen LogP contribution in [-0.2, 0) is 7.05 Å². The van der Waals surface area contributed by atoms with Crippen molar-refractivity contribution in [2.24, 2.45) is 12.8 Å². The standard InChI is InChI=1S/C16H17N3O/c1-8-3-4-11-9-6-10(7-9)14-13(12(11)5-8)18-16(15(17)20)19(14)2/h3-5,9-10H,6-7H2,1-2H3,(H2,17,20). The molecule has 1 aromatic carbocycles. The number of nitrogens with two attached hydrogens (primary N) is 1. The monoisotopic (exact) mass is 267 g/mol. The summed E-state index contributed by atoms with van der Waals surface area (Å²) in [7, 11) is 1.90. The predicted octanol–water partition coefficient (Wildman–Crippen LogP) is 2.47. The van der Waals surface area contributed by atoms with Crippen LogP contribution >= 0.6 is 0 Å². The molecule has 1 aromatic heterocycles. The Balaban J connectivity index is 2.05. The summed E-state index contributed by atoms with van der Waals surface area (Å²) in [5.74, 6) is 1.06. The Morgan fingerprint density at radius 3 is 2.80 bits per heavy atom. The number of imidazole rings is 1. The van der Waals surface area contributed by atoms with E-state index in [0.717, 1.165) is 18.5 Å². The van der Waals surface area contributed by atoms with Gasteiger partial charge in [-0.05, 0) is 37.3 Å². The minimum absolute atomic E-state index is 0.368. The largest absolute Gasteiger partial charge is 0.363 e. The summed E-state index contributed by atoms with van der Waals surface area (Å²) in [5, 5.41) is 0. The van der Waals surface area contributed by atoms with E-state index in [4.69, 9.17) is 5.73 Å². The van der Waals surface area contributed by atoms with E-state index >= 15 is 0 Å². The van der Waals surface area contributed by atoms with E-state index in [2.05, 4.69) is 30.1 Å². The van der Waals surface area contributed by atoms with Gasteiger partial charge >= 0.3 is 0 Å². The molecule has 0 atom stereocenters. The first-order valence-electron chi connectivity index (χ1n) is 7.03. The summed E-state index contributed by atoms with van der Waals surface area (Å²) in [6, 6.07) is 6.57. The summed E-state index contributed by atoms with van der Waals surface area (Å²) in [6.07, 6.45) is 2.31. The van der Waals surface area contributed by atoms with Crippen LogP contribution in [0.1, 0.15) is 52.1 Å². The van der Waals surface area contributed by atoms with Crippen LogP contribution in [-0.4, -0.2) is 15.5 Å². The lowest BCUT2D eigenvalue weighted by atomic mass is 9.71. The second-order valence-corrected chi connectivity index (χ2v) is 6.05. The molecule has 2 N–H and O–H groups in total. The molecule has 3 aliphatic carbocycles. The number of primary amides is 1. The summed E-state index contributed by atoms with van der Waals surface area (Å²) < 4.78 is 1.90. The van der Waals surface area contributed by atoms with Crippen molar-refractivity contribution < 1.29 is 4.79 Å². The van der Waals surface area contributed by atoms with Gasteiger partial charge in [-0.25, -0.2) is 4.98 Å². The molecule has 1 fully saturated rings. The van der Waals surface area contributed by atoms with Crippen molar-refractivity contribution in [3.8, 4) is 11.3 Å². The minimum Gasteiger partial charge on any atom is -0.363 e. The second kappa shape index (κ2) is 3.72. The fraction of sp³-hybridized carbons (Fsp3) is 0.375. The highest BCUT2D eigenvalue weighted by Crippen LogP contribution is 2.55. The van der Waals surface area contributed by atoms with Crippen molar-refractivity contribution in [3.63, 3.8) is 0 Å². The number of carbonyl (C=O) groups is 1. The van der Waals surface area contributed by atoms with Crippen LogP contribution in [0.4, 0.5) is 0 Å². The fourth-order valence-electron chi connectivity index (χ4n) is 3.72. The normalized spacial score (nSPS) is 22.5. The molecule has 1 heterocycles. The van der Waals surface area contributed by atoms with E-state index in [1.807, 2.05) is 11.6 Å². The zero-order valence-electron chi connectivity index (χ0n) is 11.7. The predicted molar refractivity (Wildman–Crippen MR) is 76.6 cm³/mol. The van der Waals surface area contributed by atoms with Gasteiger partial charge < -0.3 is 10.3 Å². The summed E-state index contributed by atoms with van der Waals surface area (Å²) >= 11 is 0. The van der Waals surface area contributed by atoms with Crippen LogP contribution in [0, 0.1) is 6.92 Å². The van der Waals surface area contributed by atoms with E-state index in [1.54, 1.807) is 0 Å². The van der Waals surface area contributed by atoms with E-state index in [9.17, 15) is 4.79 Å². The van der Waals surface area contributed by atoms with Crippen LogP contribution in [0.5, 0.6) is 0 Å². The van der Waals surface area contributed by atoms with Gasteiger partial charge in [0, 0.05) is 24.2 Å². The van der Waals surface area contributed by atoms with E-state index in [0.29, 0.717) is 17.7 Å². The number of hydrogen-bond donors (Lipinski definition) is 1. The van der Waals surface area contributed by atoms with E-state index in [-0.39, 0.29) is 0 Å². The van der Waals surface area contributed by atoms with Crippen LogP contribution in [0.3, 0.4) is 0 Å². The molecule has 4 nitrogen and oxygen atoms in total. The lowest BCUT2D eigenvalue weighted by Crippen LogP contribution is -2.23. The SMILES string of the molecule is Cc1ccc2c(c1)-c1nc(C(N)=O)n(C)c1C1CC2C1. The van der Waals surface area contributed by atoms with E-state index < -0.39 is 5.91 Å². The molecule has 1 amide bonds. The van der Waals surface area contributed by atoms with Gasteiger partial charge in [0.2, 0.25) is 0 Å². The highest BCUT2D eigenvalue weighted by atomic mass is 16.1. The summed E-state index contributed by atoms with van der Waals surface area (Å²) in [6.45, 7) is 2.09. The molecule has 0 saturated heterocycles. The van der Waals surface area contributed by atoms with Crippen LogP contribution in [0.2, 0.25) is 0 Å². The maximum absolute atomic E-state index is 11.6. The first kappa shape index (κ1) is 11.7. The Kier molecular flexibility index (Phi) is 2.18. The third kappa shape index (κ3) is 1.36. The molecular formula is C16H17N3O. The van der Waals surface area contributed by atoms with Gasteiger partial charge in [0.25, 0.3) is 5.91 Å². The molecule has 2 aromatic rings. The molecule has 0 spiro atoms. The average molecular weight is 267 g/mol. The number of benzene rings is 1. The molecule has 5 rings (SSSR count). The third-order valence-electron chi connectivity index (χ3n) is 4.79. The van der Waals surface area contributed by atoms with Crippen LogP contribution in [0.25, 0.3) is 11.3 Å². The van der Waals surface area contributed by atoms with Crippen molar-refractivity contribution in [3.05, 3.63) is 40.8 Å². The quantitative estimate of drug-likeness (QED) is 0.862. The molecule has 0 aliphatic heterocycles. The number of aromatic nitrogens is 2. The number of nitrogens with zero attached hydrogens (tertiary/aromatic N) is 2. The number of hydrogen-bond acceptors (Lipinski definition) is 2. The Morgan fingerprint density at radius 1 is 1.35 bits per heavy atom. The zero-order valence-corrected chi connectivity index (χ0v) is 11.7. The van der Waals surface area contributed by atoms with Gasteiger partial charge in [0.1, 0.15) is 0 Å². The maximum Gasteiger partial charge on any atom is 0.284 e. The highest BCUT2D eigenvalue weighted by molar-refractivity contribution is 5.91. The van der Waals surface area contributed by atoms with Crippen LogP contribution in [0.15, 0.2) is 18.2 Å². The average Bonchev–Trinajstić information content (AvgIpc) is 2.55. The molecule has 102 valence electrons. The molecular weight excluding hydrogens is 250 g/mol. The molecule has 1 saturated carbocycles. The third-order valence-corrected chi connectivity index (χ3v) is 4.79.